The van der Waals surface area contributed by atoms with Crippen molar-refractivity contribution in [3.63, 3.8) is 0 Å². The summed E-state index contributed by atoms with van der Waals surface area (Å²) in [6.45, 7) is 6.15. The number of nitrogen functional groups attached to an aromatic ring is 1. The van der Waals surface area contributed by atoms with Crippen molar-refractivity contribution in [3.05, 3.63) is 23.5 Å². The fraction of sp³-hybridized carbons (Fsp3) is 0.600. The monoisotopic (exact) mass is 263 g/mol. The summed E-state index contributed by atoms with van der Waals surface area (Å²) in [7, 11) is 0. The molecule has 0 aliphatic heterocycles. The number of amides is 1. The minimum Gasteiger partial charge on any atom is -0.398 e. The van der Waals surface area contributed by atoms with Crippen LogP contribution in [-0.2, 0) is 0 Å². The van der Waals surface area contributed by atoms with E-state index in [1.54, 1.807) is 12.3 Å². The highest BCUT2D eigenvalue weighted by atomic mass is 16.1. The zero-order chi connectivity index (χ0) is 14.3. The molecule has 0 fully saturated rings. The molecule has 4 heteroatoms. The highest BCUT2D eigenvalue weighted by Crippen LogP contribution is 2.13. The van der Waals surface area contributed by atoms with Crippen molar-refractivity contribution in [3.8, 4) is 0 Å². The molecule has 1 unspecified atom stereocenters. The van der Waals surface area contributed by atoms with Crippen molar-refractivity contribution in [2.75, 3.05) is 5.73 Å². The van der Waals surface area contributed by atoms with Crippen LogP contribution < -0.4 is 11.1 Å². The summed E-state index contributed by atoms with van der Waals surface area (Å²) < 4.78 is 0. The highest BCUT2D eigenvalue weighted by Gasteiger charge is 2.15. The van der Waals surface area contributed by atoms with Crippen molar-refractivity contribution in [2.24, 2.45) is 0 Å². The standard InChI is InChI=1S/C15H25N3O/c1-4-6-8-12(7-5-2)18-15(19)13-10-17-11(3)9-14(13)16/h9-10,12H,4-8H2,1-3H3,(H2,16,17)(H,18,19). The number of nitrogens with one attached hydrogen (secondary N) is 1. The second kappa shape index (κ2) is 7.77. The fourth-order valence-corrected chi connectivity index (χ4v) is 2.12. The van der Waals surface area contributed by atoms with Crippen molar-refractivity contribution in [1.82, 2.24) is 10.3 Å². The Kier molecular flexibility index (Phi) is 6.33. The van der Waals surface area contributed by atoms with Gasteiger partial charge in [0, 0.05) is 23.6 Å². The van der Waals surface area contributed by atoms with Crippen LogP contribution in [0, 0.1) is 6.92 Å². The molecular formula is C15H25N3O. The summed E-state index contributed by atoms with van der Waals surface area (Å²) in [5.41, 5.74) is 7.67. The molecule has 0 aliphatic carbocycles. The number of rotatable bonds is 7. The van der Waals surface area contributed by atoms with Gasteiger partial charge in [-0.2, -0.15) is 0 Å². The molecule has 0 aromatic carbocycles. The molecule has 0 spiro atoms. The van der Waals surface area contributed by atoms with E-state index >= 15 is 0 Å². The lowest BCUT2D eigenvalue weighted by atomic mass is 10.0. The Morgan fingerprint density at radius 1 is 1.37 bits per heavy atom. The van der Waals surface area contributed by atoms with Gasteiger partial charge in [-0.1, -0.05) is 33.1 Å². The van der Waals surface area contributed by atoms with Crippen LogP contribution in [0.5, 0.6) is 0 Å². The van der Waals surface area contributed by atoms with Crippen LogP contribution >= 0.6 is 0 Å². The van der Waals surface area contributed by atoms with E-state index in [4.69, 9.17) is 5.73 Å². The maximum absolute atomic E-state index is 12.2. The second-order valence-corrected chi connectivity index (χ2v) is 5.01. The number of nitrogens with two attached hydrogens (primary N) is 1. The first-order valence-electron chi connectivity index (χ1n) is 7.11. The summed E-state index contributed by atoms with van der Waals surface area (Å²) in [6.07, 6.45) is 6.93. The Labute approximate surface area is 115 Å². The van der Waals surface area contributed by atoms with Gasteiger partial charge in [-0.05, 0) is 25.8 Å². The molecule has 0 bridgehead atoms. The molecule has 3 N–H and O–H groups in total. The SMILES string of the molecule is CCCCC(CCC)NC(=O)c1cnc(C)cc1N. The van der Waals surface area contributed by atoms with Crippen LogP contribution in [0.15, 0.2) is 12.3 Å². The molecule has 0 saturated carbocycles. The van der Waals surface area contributed by atoms with Crippen LogP contribution in [0.4, 0.5) is 5.69 Å². The van der Waals surface area contributed by atoms with Crippen molar-refractivity contribution >= 4 is 11.6 Å². The molecule has 1 rings (SSSR count). The zero-order valence-electron chi connectivity index (χ0n) is 12.2. The van der Waals surface area contributed by atoms with Gasteiger partial charge in [-0.3, -0.25) is 9.78 Å². The van der Waals surface area contributed by atoms with Gasteiger partial charge < -0.3 is 11.1 Å². The number of hydrogen-bond donors (Lipinski definition) is 2. The Bertz CT molecular complexity index is 418. The number of anilines is 1. The molecule has 1 atom stereocenters. The van der Waals surface area contributed by atoms with Crippen LogP contribution in [-0.4, -0.2) is 16.9 Å². The van der Waals surface area contributed by atoms with Gasteiger partial charge in [0.15, 0.2) is 0 Å². The molecule has 1 amide bonds. The Balaban J connectivity index is 2.69. The summed E-state index contributed by atoms with van der Waals surface area (Å²) in [4.78, 5) is 16.3. The van der Waals surface area contributed by atoms with Gasteiger partial charge in [0.25, 0.3) is 5.91 Å². The zero-order valence-corrected chi connectivity index (χ0v) is 12.2. The Morgan fingerprint density at radius 3 is 2.68 bits per heavy atom. The molecule has 1 aromatic heterocycles. The minimum absolute atomic E-state index is 0.112. The third-order valence-electron chi connectivity index (χ3n) is 3.20. The Hall–Kier alpha value is -1.58. The van der Waals surface area contributed by atoms with E-state index in [0.29, 0.717) is 11.3 Å². The summed E-state index contributed by atoms with van der Waals surface area (Å²) >= 11 is 0. The van der Waals surface area contributed by atoms with Crippen LogP contribution in [0.3, 0.4) is 0 Å². The van der Waals surface area contributed by atoms with Gasteiger partial charge in [0.2, 0.25) is 0 Å². The number of aromatic nitrogens is 1. The normalized spacial score (nSPS) is 12.2. The number of pyridine rings is 1. The number of unbranched alkanes of at least 4 members (excludes halogenated alkanes) is 1. The molecule has 1 heterocycles. The molecule has 1 aromatic rings. The third kappa shape index (κ3) is 4.89. The van der Waals surface area contributed by atoms with Crippen molar-refractivity contribution in [2.45, 2.75) is 58.9 Å². The van der Waals surface area contributed by atoms with Crippen molar-refractivity contribution in [1.29, 1.82) is 0 Å². The summed E-state index contributed by atoms with van der Waals surface area (Å²) in [5, 5.41) is 3.07. The quantitative estimate of drug-likeness (QED) is 0.794. The third-order valence-corrected chi connectivity index (χ3v) is 3.20. The average Bonchev–Trinajstić information content (AvgIpc) is 2.36. The van der Waals surface area contributed by atoms with Crippen LogP contribution in [0.1, 0.15) is 62.0 Å². The summed E-state index contributed by atoms with van der Waals surface area (Å²) in [5.74, 6) is -0.112. The molecule has 4 nitrogen and oxygen atoms in total. The van der Waals surface area contributed by atoms with E-state index in [9.17, 15) is 4.79 Å². The maximum atomic E-state index is 12.2. The van der Waals surface area contributed by atoms with Crippen LogP contribution in [0.25, 0.3) is 0 Å². The lowest BCUT2D eigenvalue weighted by Gasteiger charge is -2.18. The maximum Gasteiger partial charge on any atom is 0.255 e. The number of nitrogens with zero attached hydrogens (tertiary/aromatic N) is 1. The largest absolute Gasteiger partial charge is 0.398 e. The van der Waals surface area contributed by atoms with E-state index in [1.807, 2.05) is 6.92 Å². The number of carbonyl (C=O) groups is 1. The molecule has 0 aliphatic rings. The van der Waals surface area contributed by atoms with Gasteiger partial charge >= 0.3 is 0 Å². The predicted octanol–water partition coefficient (Wildman–Crippen LogP) is 3.06. The van der Waals surface area contributed by atoms with E-state index < -0.39 is 0 Å². The average molecular weight is 263 g/mol. The smallest absolute Gasteiger partial charge is 0.255 e. The number of carbonyl (C=O) groups excluding carboxylic acids is 1. The lowest BCUT2D eigenvalue weighted by molar-refractivity contribution is 0.0932. The molecule has 0 radical (unpaired) electrons. The first-order chi connectivity index (χ1) is 9.08. The molecular weight excluding hydrogens is 238 g/mol. The second-order valence-electron chi connectivity index (χ2n) is 5.01. The van der Waals surface area contributed by atoms with Crippen molar-refractivity contribution < 1.29 is 4.79 Å². The van der Waals surface area contributed by atoms with Gasteiger partial charge in [-0.15, -0.1) is 0 Å². The minimum atomic E-state index is -0.112. The number of hydrogen-bond acceptors (Lipinski definition) is 3. The molecule has 106 valence electrons. The van der Waals surface area contributed by atoms with E-state index in [1.165, 1.54) is 0 Å². The highest BCUT2D eigenvalue weighted by molar-refractivity contribution is 5.98. The molecule has 19 heavy (non-hydrogen) atoms. The van der Waals surface area contributed by atoms with E-state index in [0.717, 1.165) is 37.8 Å². The lowest BCUT2D eigenvalue weighted by Crippen LogP contribution is -2.35. The Morgan fingerprint density at radius 2 is 2.11 bits per heavy atom. The van der Waals surface area contributed by atoms with Crippen LogP contribution in [0.2, 0.25) is 0 Å². The first kappa shape index (κ1) is 15.5. The van der Waals surface area contributed by atoms with Gasteiger partial charge in [0.1, 0.15) is 0 Å². The van der Waals surface area contributed by atoms with Gasteiger partial charge in [0.05, 0.1) is 5.56 Å². The summed E-state index contributed by atoms with van der Waals surface area (Å²) in [6, 6.07) is 1.97. The first-order valence-corrected chi connectivity index (χ1v) is 7.11. The van der Waals surface area contributed by atoms with E-state index in [-0.39, 0.29) is 11.9 Å². The predicted molar refractivity (Wildman–Crippen MR) is 79.1 cm³/mol. The topological polar surface area (TPSA) is 68.0 Å². The number of aryl methyl sites for hydroxylation is 1. The van der Waals surface area contributed by atoms with Gasteiger partial charge in [-0.25, -0.2) is 0 Å². The van der Waals surface area contributed by atoms with E-state index in [2.05, 4.69) is 24.1 Å². The fourth-order valence-electron chi connectivity index (χ4n) is 2.12. The molecule has 0 saturated heterocycles.